The molecule has 0 unspecified atom stereocenters. The second-order valence-electron chi connectivity index (χ2n) is 5.02. The third kappa shape index (κ3) is 4.74. The molecule has 0 aliphatic carbocycles. The summed E-state index contributed by atoms with van der Waals surface area (Å²) in [5, 5.41) is 0. The molecule has 0 bridgehead atoms. The molecule has 0 aromatic heterocycles. The minimum absolute atomic E-state index is 0.250. The molecule has 130 valence electrons. The van der Waals surface area contributed by atoms with E-state index < -0.39 is 20.2 Å². The average Bonchev–Trinajstić information content (AvgIpc) is 2.45. The molecule has 0 fully saturated rings. The van der Waals surface area contributed by atoms with Crippen molar-refractivity contribution in [1.82, 2.24) is 0 Å². The zero-order chi connectivity index (χ0) is 18.1. The van der Waals surface area contributed by atoms with Gasteiger partial charge in [-0.3, -0.25) is 9.11 Å². The quantitative estimate of drug-likeness (QED) is 0.573. The van der Waals surface area contributed by atoms with Crippen LogP contribution in [0.5, 0.6) is 0 Å². The largest absolute Gasteiger partial charge is 0.295 e. The van der Waals surface area contributed by atoms with Gasteiger partial charge in [0.1, 0.15) is 9.79 Å². The fourth-order valence-electron chi connectivity index (χ4n) is 1.86. The van der Waals surface area contributed by atoms with E-state index in [0.717, 1.165) is 21.6 Å². The normalized spacial score (nSPS) is 12.3. The van der Waals surface area contributed by atoms with Crippen molar-refractivity contribution in [2.45, 2.75) is 33.4 Å². The van der Waals surface area contributed by atoms with E-state index in [-0.39, 0.29) is 19.6 Å². The molecule has 24 heavy (non-hydrogen) atoms. The summed E-state index contributed by atoms with van der Waals surface area (Å²) in [6, 6.07) is 9.07. The zero-order valence-corrected chi connectivity index (χ0v) is 15.9. The van der Waals surface area contributed by atoms with E-state index in [1.165, 1.54) is 24.3 Å². The first-order valence-electron chi connectivity index (χ1n) is 6.49. The highest BCUT2D eigenvalue weighted by Crippen LogP contribution is 2.43. The Morgan fingerprint density at radius 3 is 1.33 bits per heavy atom. The standard InChI is InChI=1S/C14H14O6S4/c1-9-3-5-11(13(7-9)23(15,16)17)21-22-12-6-4-10(2)8-14(12)24(18,19)20/h3-8H,1-2H3,(H,15,16,17)(H,18,19,20). The molecule has 2 aromatic carbocycles. The molecule has 0 amide bonds. The molecule has 0 aliphatic heterocycles. The number of hydrogen-bond acceptors (Lipinski definition) is 6. The Labute approximate surface area is 148 Å². The Morgan fingerprint density at radius 1 is 0.708 bits per heavy atom. The van der Waals surface area contributed by atoms with Gasteiger partial charge in [0.2, 0.25) is 0 Å². The van der Waals surface area contributed by atoms with Crippen LogP contribution in [0.2, 0.25) is 0 Å². The number of aryl methyl sites for hydroxylation is 2. The molecule has 0 heterocycles. The van der Waals surface area contributed by atoms with Gasteiger partial charge in [-0.05, 0) is 49.2 Å². The van der Waals surface area contributed by atoms with Gasteiger partial charge in [-0.25, -0.2) is 0 Å². The van der Waals surface area contributed by atoms with Gasteiger partial charge < -0.3 is 0 Å². The lowest BCUT2D eigenvalue weighted by Gasteiger charge is -2.10. The number of rotatable bonds is 5. The molecule has 0 saturated carbocycles. The van der Waals surface area contributed by atoms with Gasteiger partial charge in [-0.2, -0.15) is 16.8 Å². The first-order chi connectivity index (χ1) is 11.0. The molecule has 0 aliphatic rings. The minimum atomic E-state index is -4.41. The fourth-order valence-corrected chi connectivity index (χ4v) is 6.49. The Morgan fingerprint density at radius 2 is 1.04 bits per heavy atom. The maximum absolute atomic E-state index is 11.5. The van der Waals surface area contributed by atoms with Crippen molar-refractivity contribution in [2.75, 3.05) is 0 Å². The molecule has 2 aromatic rings. The van der Waals surface area contributed by atoms with Crippen molar-refractivity contribution in [3.8, 4) is 0 Å². The predicted octanol–water partition coefficient (Wildman–Crippen LogP) is 3.60. The molecule has 10 heteroatoms. The van der Waals surface area contributed by atoms with Gasteiger partial charge in [0, 0.05) is 9.79 Å². The maximum atomic E-state index is 11.5. The van der Waals surface area contributed by atoms with Crippen LogP contribution in [0.3, 0.4) is 0 Å². The van der Waals surface area contributed by atoms with E-state index in [4.69, 9.17) is 0 Å². The Balaban J connectivity index is 2.40. The van der Waals surface area contributed by atoms with Crippen LogP contribution in [-0.2, 0) is 20.2 Å². The van der Waals surface area contributed by atoms with Crippen LogP contribution in [0.15, 0.2) is 56.0 Å². The summed E-state index contributed by atoms with van der Waals surface area (Å²) in [7, 11) is -6.87. The lowest BCUT2D eigenvalue weighted by Crippen LogP contribution is -2.01. The van der Waals surface area contributed by atoms with Crippen molar-refractivity contribution in [1.29, 1.82) is 0 Å². The van der Waals surface area contributed by atoms with Crippen LogP contribution in [0.4, 0.5) is 0 Å². The second-order valence-corrected chi connectivity index (χ2v) is 10.0. The highest BCUT2D eigenvalue weighted by atomic mass is 33.1. The van der Waals surface area contributed by atoms with Crippen LogP contribution in [0.1, 0.15) is 11.1 Å². The van der Waals surface area contributed by atoms with E-state index in [0.29, 0.717) is 11.1 Å². The highest BCUT2D eigenvalue weighted by Gasteiger charge is 2.20. The smallest absolute Gasteiger partial charge is 0.282 e. The number of benzene rings is 2. The molecular formula is C14H14O6S4. The Bertz CT molecular complexity index is 899. The predicted molar refractivity (Wildman–Crippen MR) is 93.7 cm³/mol. The van der Waals surface area contributed by atoms with Gasteiger partial charge in [0.05, 0.1) is 0 Å². The van der Waals surface area contributed by atoms with Crippen molar-refractivity contribution in [3.05, 3.63) is 47.5 Å². The first-order valence-corrected chi connectivity index (χ1v) is 11.5. The molecule has 0 saturated heterocycles. The van der Waals surface area contributed by atoms with Gasteiger partial charge in [0.15, 0.2) is 0 Å². The van der Waals surface area contributed by atoms with Gasteiger partial charge in [-0.15, -0.1) is 0 Å². The Kier molecular flexibility index (Phi) is 5.68. The van der Waals surface area contributed by atoms with Crippen LogP contribution in [0, 0.1) is 13.8 Å². The first kappa shape index (κ1) is 19.3. The lowest BCUT2D eigenvalue weighted by atomic mass is 10.2. The van der Waals surface area contributed by atoms with E-state index in [9.17, 15) is 25.9 Å². The molecule has 0 atom stereocenters. The topological polar surface area (TPSA) is 109 Å². The zero-order valence-electron chi connectivity index (χ0n) is 12.6. The fraction of sp³-hybridized carbons (Fsp3) is 0.143. The number of hydrogen-bond donors (Lipinski definition) is 2. The SMILES string of the molecule is Cc1ccc(SSc2ccc(C)cc2S(=O)(=O)O)c(S(=O)(=O)O)c1. The van der Waals surface area contributed by atoms with Crippen LogP contribution in [-0.4, -0.2) is 25.9 Å². The van der Waals surface area contributed by atoms with E-state index in [1.54, 1.807) is 26.0 Å². The van der Waals surface area contributed by atoms with Crippen LogP contribution < -0.4 is 0 Å². The van der Waals surface area contributed by atoms with E-state index in [2.05, 4.69) is 0 Å². The summed E-state index contributed by atoms with van der Waals surface area (Å²) in [5.74, 6) is 0. The lowest BCUT2D eigenvalue weighted by molar-refractivity contribution is 0.478. The highest BCUT2D eigenvalue weighted by molar-refractivity contribution is 8.76. The monoisotopic (exact) mass is 406 g/mol. The third-order valence-electron chi connectivity index (χ3n) is 2.98. The molecule has 0 radical (unpaired) electrons. The van der Waals surface area contributed by atoms with E-state index in [1.807, 2.05) is 0 Å². The van der Waals surface area contributed by atoms with Crippen molar-refractivity contribution >= 4 is 41.8 Å². The summed E-state index contributed by atoms with van der Waals surface area (Å²) in [6.45, 7) is 3.37. The molecule has 6 nitrogen and oxygen atoms in total. The molecule has 2 rings (SSSR count). The summed E-state index contributed by atoms with van der Waals surface area (Å²) in [4.78, 5) is 0.0194. The summed E-state index contributed by atoms with van der Waals surface area (Å²) in [5.41, 5.74) is 1.32. The Hall–Kier alpha value is -1.04. The summed E-state index contributed by atoms with van der Waals surface area (Å²) in [6.07, 6.45) is 0. The van der Waals surface area contributed by atoms with Crippen molar-refractivity contribution in [2.24, 2.45) is 0 Å². The average molecular weight is 407 g/mol. The summed E-state index contributed by atoms with van der Waals surface area (Å²) < 4.78 is 64.6. The minimum Gasteiger partial charge on any atom is -0.282 e. The van der Waals surface area contributed by atoms with Crippen LogP contribution in [0.25, 0.3) is 0 Å². The van der Waals surface area contributed by atoms with Crippen LogP contribution >= 0.6 is 21.6 Å². The van der Waals surface area contributed by atoms with Gasteiger partial charge in [0.25, 0.3) is 20.2 Å². The summed E-state index contributed by atoms with van der Waals surface area (Å²) >= 11 is 0. The maximum Gasteiger partial charge on any atom is 0.295 e. The molecular weight excluding hydrogens is 392 g/mol. The molecule has 0 spiro atoms. The van der Waals surface area contributed by atoms with Crippen molar-refractivity contribution in [3.63, 3.8) is 0 Å². The second kappa shape index (κ2) is 7.06. The van der Waals surface area contributed by atoms with E-state index >= 15 is 0 Å². The van der Waals surface area contributed by atoms with Gasteiger partial charge in [-0.1, -0.05) is 33.7 Å². The van der Waals surface area contributed by atoms with Crippen molar-refractivity contribution < 1.29 is 25.9 Å². The molecule has 2 N–H and O–H groups in total. The third-order valence-corrected chi connectivity index (χ3v) is 7.50. The van der Waals surface area contributed by atoms with Gasteiger partial charge >= 0.3 is 0 Å².